The molecule has 0 aliphatic heterocycles. The van der Waals surface area contributed by atoms with Gasteiger partial charge in [0, 0.05) is 19.3 Å². The van der Waals surface area contributed by atoms with Crippen molar-refractivity contribution in [1.82, 2.24) is 0 Å². The average Bonchev–Trinajstić information content (AvgIpc) is 3.30. The molecule has 0 bridgehead atoms. The Morgan fingerprint density at radius 1 is 0.338 bits per heavy atom. The zero-order chi connectivity index (χ0) is 47.2. The highest BCUT2D eigenvalue weighted by Crippen LogP contribution is 2.15. The first-order chi connectivity index (χ1) is 32.0. The summed E-state index contributed by atoms with van der Waals surface area (Å²) >= 11 is 0. The molecule has 0 saturated carbocycles. The molecule has 0 aliphatic carbocycles. The predicted molar refractivity (Wildman–Crippen MR) is 279 cm³/mol. The number of carbonyl (C=O) groups excluding carboxylic acids is 3. The molecular weight excluding hydrogens is 805 g/mol. The van der Waals surface area contributed by atoms with Crippen molar-refractivity contribution >= 4 is 17.9 Å². The van der Waals surface area contributed by atoms with Crippen LogP contribution in [0.15, 0.2) is 97.2 Å². The van der Waals surface area contributed by atoms with Gasteiger partial charge in [-0.05, 0) is 77.0 Å². The summed E-state index contributed by atoms with van der Waals surface area (Å²) in [6.45, 7) is 6.34. The summed E-state index contributed by atoms with van der Waals surface area (Å²) in [6.07, 6.45) is 69.6. The molecule has 0 aromatic heterocycles. The Balaban J connectivity index is 4.47. The third-order valence-corrected chi connectivity index (χ3v) is 11.2. The summed E-state index contributed by atoms with van der Waals surface area (Å²) < 4.78 is 16.8. The topological polar surface area (TPSA) is 78.9 Å². The molecule has 0 N–H and O–H groups in total. The molecule has 0 amide bonds. The van der Waals surface area contributed by atoms with E-state index in [2.05, 4.69) is 99.8 Å². The van der Waals surface area contributed by atoms with Crippen LogP contribution in [0.2, 0.25) is 0 Å². The van der Waals surface area contributed by atoms with Crippen LogP contribution >= 0.6 is 0 Å². The minimum atomic E-state index is -0.800. The van der Waals surface area contributed by atoms with Gasteiger partial charge < -0.3 is 14.2 Å². The number of carbonyl (C=O) groups is 3. The quantitative estimate of drug-likeness (QED) is 0.0199. The van der Waals surface area contributed by atoms with Crippen molar-refractivity contribution in [3.8, 4) is 0 Å². The Hall–Kier alpha value is -3.67. The van der Waals surface area contributed by atoms with Gasteiger partial charge in [0.05, 0.1) is 0 Å². The van der Waals surface area contributed by atoms with Crippen molar-refractivity contribution in [3.63, 3.8) is 0 Å². The van der Waals surface area contributed by atoms with Crippen molar-refractivity contribution < 1.29 is 28.6 Å². The van der Waals surface area contributed by atoms with E-state index < -0.39 is 6.10 Å². The molecule has 0 radical (unpaired) electrons. The van der Waals surface area contributed by atoms with Gasteiger partial charge in [0.15, 0.2) is 6.10 Å². The van der Waals surface area contributed by atoms with E-state index >= 15 is 0 Å². The highest BCUT2D eigenvalue weighted by atomic mass is 16.6. The fourth-order valence-electron chi connectivity index (χ4n) is 7.21. The number of rotatable bonds is 47. The molecule has 65 heavy (non-hydrogen) atoms. The summed E-state index contributed by atoms with van der Waals surface area (Å²) in [5, 5.41) is 0. The van der Waals surface area contributed by atoms with Crippen LogP contribution < -0.4 is 0 Å². The second-order valence-electron chi connectivity index (χ2n) is 17.5. The van der Waals surface area contributed by atoms with Crippen molar-refractivity contribution in [3.05, 3.63) is 97.2 Å². The summed E-state index contributed by atoms with van der Waals surface area (Å²) in [5.74, 6) is -0.950. The number of hydrogen-bond donors (Lipinski definition) is 0. The zero-order valence-electron chi connectivity index (χ0n) is 42.2. The van der Waals surface area contributed by atoms with Gasteiger partial charge in [-0.2, -0.15) is 0 Å². The van der Waals surface area contributed by atoms with Crippen LogP contribution in [0.3, 0.4) is 0 Å². The molecule has 0 heterocycles. The fraction of sp³-hybridized carbons (Fsp3) is 0.678. The molecule has 0 aromatic rings. The molecule has 0 aromatic carbocycles. The first kappa shape index (κ1) is 61.3. The Bertz CT molecular complexity index is 1310. The Morgan fingerprint density at radius 3 is 1.14 bits per heavy atom. The number of esters is 3. The lowest BCUT2D eigenvalue weighted by Crippen LogP contribution is -2.30. The highest BCUT2D eigenvalue weighted by molar-refractivity contribution is 5.71. The fourth-order valence-corrected chi connectivity index (χ4v) is 7.21. The van der Waals surface area contributed by atoms with E-state index in [1.54, 1.807) is 0 Å². The number of ether oxygens (including phenoxy) is 3. The molecule has 1 unspecified atom stereocenters. The molecule has 370 valence electrons. The van der Waals surface area contributed by atoms with Gasteiger partial charge in [-0.15, -0.1) is 0 Å². The van der Waals surface area contributed by atoms with Crippen LogP contribution in [0.4, 0.5) is 0 Å². The maximum atomic E-state index is 12.8. The third-order valence-electron chi connectivity index (χ3n) is 11.2. The van der Waals surface area contributed by atoms with E-state index in [4.69, 9.17) is 14.2 Å². The largest absolute Gasteiger partial charge is 0.462 e. The van der Waals surface area contributed by atoms with Gasteiger partial charge in [-0.1, -0.05) is 240 Å². The zero-order valence-corrected chi connectivity index (χ0v) is 42.2. The molecule has 0 rings (SSSR count). The maximum absolute atomic E-state index is 12.8. The lowest BCUT2D eigenvalue weighted by atomic mass is 10.0. The van der Waals surface area contributed by atoms with Gasteiger partial charge in [0.1, 0.15) is 13.2 Å². The minimum Gasteiger partial charge on any atom is -0.462 e. The normalized spacial score (nSPS) is 12.8. The van der Waals surface area contributed by atoms with E-state index in [0.717, 1.165) is 116 Å². The highest BCUT2D eigenvalue weighted by Gasteiger charge is 2.19. The Morgan fingerprint density at radius 2 is 0.677 bits per heavy atom. The van der Waals surface area contributed by atoms with Crippen LogP contribution in [0.5, 0.6) is 0 Å². The third kappa shape index (κ3) is 51.2. The van der Waals surface area contributed by atoms with Gasteiger partial charge in [0.25, 0.3) is 0 Å². The molecule has 1 atom stereocenters. The first-order valence-electron chi connectivity index (χ1n) is 26.8. The molecule has 0 saturated heterocycles. The van der Waals surface area contributed by atoms with Crippen LogP contribution in [-0.2, 0) is 28.6 Å². The molecule has 0 aliphatic rings. The molecule has 6 nitrogen and oxygen atoms in total. The Labute approximate surface area is 400 Å². The average molecular weight is 903 g/mol. The second kappa shape index (κ2) is 52.9. The Kier molecular flexibility index (Phi) is 50.0. The van der Waals surface area contributed by atoms with E-state index in [1.807, 2.05) is 18.2 Å². The molecule has 6 heteroatoms. The lowest BCUT2D eigenvalue weighted by molar-refractivity contribution is -0.167. The standard InChI is InChI=1S/C59H98O6/c1-4-7-10-13-16-19-22-25-28-31-34-37-40-43-46-49-52-58(61)64-55-56(54-63-57(60)51-48-45-42-39-36-33-30-27-24-21-18-15-12-9-6-3)65-59(62)53-50-47-44-41-38-35-32-29-26-23-20-17-14-11-8-5-2/h7,9-10,12,15-16,18-19,21,24-25,27-28,30,34,37,56H,4-6,8,11,13-14,17,20,22-23,26,29,31-33,35-36,38-55H2,1-3H3/b10-7-,12-9-,18-15-,19-16-,24-21-,28-25-,30-27-,37-34-. The molecular formula is C59H98O6. The van der Waals surface area contributed by atoms with Gasteiger partial charge in [-0.3, -0.25) is 14.4 Å². The lowest BCUT2D eigenvalue weighted by Gasteiger charge is -2.18. The number of allylic oxidation sites excluding steroid dienone is 16. The van der Waals surface area contributed by atoms with Gasteiger partial charge in [0.2, 0.25) is 0 Å². The van der Waals surface area contributed by atoms with Crippen LogP contribution in [0.25, 0.3) is 0 Å². The van der Waals surface area contributed by atoms with E-state index in [0.29, 0.717) is 19.3 Å². The van der Waals surface area contributed by atoms with Crippen molar-refractivity contribution in [2.24, 2.45) is 0 Å². The van der Waals surface area contributed by atoms with Crippen LogP contribution in [-0.4, -0.2) is 37.2 Å². The first-order valence-corrected chi connectivity index (χ1v) is 26.8. The van der Waals surface area contributed by atoms with Crippen LogP contribution in [0, 0.1) is 0 Å². The van der Waals surface area contributed by atoms with Crippen molar-refractivity contribution in [2.75, 3.05) is 13.2 Å². The SMILES string of the molecule is CC\C=C/C=C\C=C/C=C\CCCCCCCC(=O)OCC(COC(=O)CCCCC/C=C\C/C=C\C/C=C\C/C=C\CC)OC(=O)CCCCCCCCCCCCCCCCCC. The minimum absolute atomic E-state index is 0.0995. The summed E-state index contributed by atoms with van der Waals surface area (Å²) in [7, 11) is 0. The monoisotopic (exact) mass is 903 g/mol. The van der Waals surface area contributed by atoms with Crippen LogP contribution in [0.1, 0.15) is 239 Å². The molecule has 0 fully saturated rings. The van der Waals surface area contributed by atoms with Crippen molar-refractivity contribution in [2.45, 2.75) is 245 Å². The van der Waals surface area contributed by atoms with E-state index in [-0.39, 0.29) is 31.1 Å². The van der Waals surface area contributed by atoms with Crippen molar-refractivity contribution in [1.29, 1.82) is 0 Å². The second-order valence-corrected chi connectivity index (χ2v) is 17.5. The molecule has 0 spiro atoms. The maximum Gasteiger partial charge on any atom is 0.306 e. The summed E-state index contributed by atoms with van der Waals surface area (Å²) in [6, 6.07) is 0. The van der Waals surface area contributed by atoms with E-state index in [1.165, 1.54) is 83.5 Å². The van der Waals surface area contributed by atoms with Gasteiger partial charge in [-0.25, -0.2) is 0 Å². The number of hydrogen-bond acceptors (Lipinski definition) is 6. The predicted octanol–water partition coefficient (Wildman–Crippen LogP) is 17.8. The smallest absolute Gasteiger partial charge is 0.306 e. The van der Waals surface area contributed by atoms with Gasteiger partial charge >= 0.3 is 17.9 Å². The number of unbranched alkanes of at least 4 members (excludes halogenated alkanes) is 23. The summed E-state index contributed by atoms with van der Waals surface area (Å²) in [5.41, 5.74) is 0. The van der Waals surface area contributed by atoms with E-state index in [9.17, 15) is 14.4 Å². The summed E-state index contributed by atoms with van der Waals surface area (Å²) in [4.78, 5) is 38.1.